The molecule has 92 valence electrons. The van der Waals surface area contributed by atoms with Gasteiger partial charge in [0.05, 0.1) is 6.61 Å². The molecule has 0 saturated carbocycles. The van der Waals surface area contributed by atoms with Gasteiger partial charge in [-0.25, -0.2) is 0 Å². The highest BCUT2D eigenvalue weighted by atomic mass is 79.9. The number of carbonyl (C=O) groups excluding carboxylic acids is 1. The van der Waals surface area contributed by atoms with Crippen LogP contribution in [-0.4, -0.2) is 17.8 Å². The Hall–Kier alpha value is -1.03. The van der Waals surface area contributed by atoms with Crippen LogP contribution in [-0.2, 0) is 11.2 Å². The monoisotopic (exact) mass is 297 g/mol. The normalized spacial score (nSPS) is 14.1. The molecule has 1 amide bonds. The number of benzene rings is 1. The lowest BCUT2D eigenvalue weighted by molar-refractivity contribution is -0.116. The fourth-order valence-electron chi connectivity index (χ4n) is 1.83. The van der Waals surface area contributed by atoms with Gasteiger partial charge in [0.2, 0.25) is 5.91 Å². The lowest BCUT2D eigenvalue weighted by atomic mass is 10.0. The van der Waals surface area contributed by atoms with E-state index in [9.17, 15) is 4.79 Å². The van der Waals surface area contributed by atoms with Crippen LogP contribution >= 0.6 is 15.9 Å². The van der Waals surface area contributed by atoms with Crippen LogP contribution in [0, 0.1) is 0 Å². The molecule has 0 saturated heterocycles. The Morgan fingerprint density at radius 1 is 1.29 bits per heavy atom. The van der Waals surface area contributed by atoms with Crippen molar-refractivity contribution in [3.63, 3.8) is 0 Å². The summed E-state index contributed by atoms with van der Waals surface area (Å²) < 4.78 is 5.64. The molecule has 0 fully saturated rings. The number of aryl methyl sites for hydroxylation is 1. The highest BCUT2D eigenvalue weighted by Crippen LogP contribution is 2.27. The van der Waals surface area contributed by atoms with Crippen molar-refractivity contribution in [2.75, 3.05) is 17.3 Å². The molecule has 0 aromatic heterocycles. The number of amides is 1. The summed E-state index contributed by atoms with van der Waals surface area (Å²) in [6.07, 6.45) is 3.56. The quantitative estimate of drug-likeness (QED) is 0.670. The molecule has 0 aliphatic carbocycles. The standard InChI is InChI=1S/C13H16BrNO2/c14-7-1-2-8-17-11-5-3-10-4-6-13(16)15-12(10)9-11/h3,5,9H,1-2,4,6-8H2,(H,15,16). The zero-order chi connectivity index (χ0) is 12.1. The van der Waals surface area contributed by atoms with E-state index >= 15 is 0 Å². The number of hydrogen-bond donors (Lipinski definition) is 1. The van der Waals surface area contributed by atoms with E-state index in [1.807, 2.05) is 18.2 Å². The summed E-state index contributed by atoms with van der Waals surface area (Å²) in [5.74, 6) is 0.925. The number of unbranched alkanes of at least 4 members (excludes halogenated alkanes) is 1. The minimum atomic E-state index is 0.0916. The molecule has 1 aliphatic rings. The van der Waals surface area contributed by atoms with Crippen molar-refractivity contribution in [2.24, 2.45) is 0 Å². The second-order valence-corrected chi connectivity index (χ2v) is 4.90. The number of ether oxygens (including phenoxy) is 1. The third-order valence-electron chi connectivity index (χ3n) is 2.77. The van der Waals surface area contributed by atoms with Crippen molar-refractivity contribution in [3.8, 4) is 5.75 Å². The zero-order valence-electron chi connectivity index (χ0n) is 9.67. The number of fused-ring (bicyclic) bond motifs is 1. The zero-order valence-corrected chi connectivity index (χ0v) is 11.3. The summed E-state index contributed by atoms with van der Waals surface area (Å²) in [5.41, 5.74) is 2.09. The molecule has 4 heteroatoms. The SMILES string of the molecule is O=C1CCc2ccc(OCCCCBr)cc2N1. The molecule has 1 N–H and O–H groups in total. The van der Waals surface area contributed by atoms with Gasteiger partial charge in [0.1, 0.15) is 5.75 Å². The van der Waals surface area contributed by atoms with Crippen molar-refractivity contribution in [3.05, 3.63) is 23.8 Å². The average molecular weight is 298 g/mol. The summed E-state index contributed by atoms with van der Waals surface area (Å²) in [5, 5.41) is 3.89. The number of hydrogen-bond acceptors (Lipinski definition) is 2. The fraction of sp³-hybridized carbons (Fsp3) is 0.462. The van der Waals surface area contributed by atoms with Crippen molar-refractivity contribution >= 4 is 27.5 Å². The minimum absolute atomic E-state index is 0.0916. The molecule has 0 atom stereocenters. The number of anilines is 1. The maximum absolute atomic E-state index is 11.3. The molecule has 2 rings (SSSR count). The summed E-state index contributed by atoms with van der Waals surface area (Å²) in [6.45, 7) is 0.721. The number of nitrogens with one attached hydrogen (secondary N) is 1. The van der Waals surface area contributed by atoms with E-state index in [4.69, 9.17) is 4.74 Å². The third-order valence-corrected chi connectivity index (χ3v) is 3.33. The van der Waals surface area contributed by atoms with Gasteiger partial charge in [0.15, 0.2) is 0 Å². The number of halogens is 1. The van der Waals surface area contributed by atoms with Crippen molar-refractivity contribution in [2.45, 2.75) is 25.7 Å². The molecule has 17 heavy (non-hydrogen) atoms. The first-order chi connectivity index (χ1) is 8.29. The second kappa shape index (κ2) is 6.05. The lowest BCUT2D eigenvalue weighted by Crippen LogP contribution is -2.18. The molecular formula is C13H16BrNO2. The molecule has 0 bridgehead atoms. The predicted octanol–water partition coefficient (Wildman–Crippen LogP) is 3.13. The molecule has 1 aromatic rings. The lowest BCUT2D eigenvalue weighted by Gasteiger charge is -2.17. The van der Waals surface area contributed by atoms with Crippen LogP contribution in [0.4, 0.5) is 5.69 Å². The van der Waals surface area contributed by atoms with Gasteiger partial charge < -0.3 is 10.1 Å². The molecule has 0 spiro atoms. The van der Waals surface area contributed by atoms with Crippen molar-refractivity contribution in [1.82, 2.24) is 0 Å². The smallest absolute Gasteiger partial charge is 0.224 e. The molecule has 0 unspecified atom stereocenters. The van der Waals surface area contributed by atoms with Gasteiger partial charge in [0.25, 0.3) is 0 Å². The van der Waals surface area contributed by atoms with Gasteiger partial charge in [-0.2, -0.15) is 0 Å². The van der Waals surface area contributed by atoms with Gasteiger partial charge in [-0.05, 0) is 30.9 Å². The summed E-state index contributed by atoms with van der Waals surface area (Å²) in [7, 11) is 0. The molecule has 0 radical (unpaired) electrons. The van der Waals surface area contributed by atoms with Crippen LogP contribution in [0.2, 0.25) is 0 Å². The van der Waals surface area contributed by atoms with Gasteiger partial charge in [-0.1, -0.05) is 22.0 Å². The Morgan fingerprint density at radius 3 is 3.00 bits per heavy atom. The average Bonchev–Trinajstić information content (AvgIpc) is 2.34. The van der Waals surface area contributed by atoms with E-state index in [2.05, 4.69) is 21.2 Å². The number of alkyl halides is 1. The van der Waals surface area contributed by atoms with E-state index < -0.39 is 0 Å². The first-order valence-corrected chi connectivity index (χ1v) is 7.03. The molecule has 3 nitrogen and oxygen atoms in total. The van der Waals surface area contributed by atoms with Crippen molar-refractivity contribution in [1.29, 1.82) is 0 Å². The van der Waals surface area contributed by atoms with E-state index in [0.29, 0.717) is 6.42 Å². The largest absolute Gasteiger partial charge is 0.494 e. The van der Waals surface area contributed by atoms with Gasteiger partial charge in [-0.3, -0.25) is 4.79 Å². The minimum Gasteiger partial charge on any atom is -0.494 e. The topological polar surface area (TPSA) is 38.3 Å². The molecule has 1 aromatic carbocycles. The van der Waals surface area contributed by atoms with Crippen LogP contribution in [0.15, 0.2) is 18.2 Å². The predicted molar refractivity (Wildman–Crippen MR) is 71.9 cm³/mol. The second-order valence-electron chi connectivity index (χ2n) is 4.11. The van der Waals surface area contributed by atoms with Crippen molar-refractivity contribution < 1.29 is 9.53 Å². The van der Waals surface area contributed by atoms with Crippen LogP contribution in [0.3, 0.4) is 0 Å². The maximum Gasteiger partial charge on any atom is 0.224 e. The Kier molecular flexibility index (Phi) is 4.42. The summed E-state index contributed by atoms with van der Waals surface area (Å²) >= 11 is 3.39. The maximum atomic E-state index is 11.3. The first-order valence-electron chi connectivity index (χ1n) is 5.91. The van der Waals surface area contributed by atoms with E-state index in [1.165, 1.54) is 5.56 Å². The highest BCUT2D eigenvalue weighted by molar-refractivity contribution is 9.09. The van der Waals surface area contributed by atoms with Crippen LogP contribution in [0.5, 0.6) is 5.75 Å². The first kappa shape index (κ1) is 12.4. The number of rotatable bonds is 5. The Morgan fingerprint density at radius 2 is 2.18 bits per heavy atom. The Balaban J connectivity index is 1.95. The third kappa shape index (κ3) is 3.46. The van der Waals surface area contributed by atoms with Gasteiger partial charge >= 0.3 is 0 Å². The van der Waals surface area contributed by atoms with Crippen LogP contribution < -0.4 is 10.1 Å². The molecular weight excluding hydrogens is 282 g/mol. The van der Waals surface area contributed by atoms with Gasteiger partial charge in [0, 0.05) is 23.5 Å². The Labute approximate surface area is 110 Å². The fourth-order valence-corrected chi connectivity index (χ4v) is 2.22. The molecule has 1 aliphatic heterocycles. The summed E-state index contributed by atoms with van der Waals surface area (Å²) in [4.78, 5) is 11.3. The van der Waals surface area contributed by atoms with Crippen LogP contribution in [0.25, 0.3) is 0 Å². The van der Waals surface area contributed by atoms with Crippen LogP contribution in [0.1, 0.15) is 24.8 Å². The molecule has 1 heterocycles. The van der Waals surface area contributed by atoms with E-state index in [-0.39, 0.29) is 5.91 Å². The highest BCUT2D eigenvalue weighted by Gasteiger charge is 2.14. The summed E-state index contributed by atoms with van der Waals surface area (Å²) in [6, 6.07) is 5.93. The Bertz CT molecular complexity index is 406. The van der Waals surface area contributed by atoms with E-state index in [1.54, 1.807) is 0 Å². The number of carbonyl (C=O) groups is 1. The van der Waals surface area contributed by atoms with E-state index in [0.717, 1.165) is 42.6 Å². The van der Waals surface area contributed by atoms with Gasteiger partial charge in [-0.15, -0.1) is 0 Å².